The summed E-state index contributed by atoms with van der Waals surface area (Å²) in [5.74, 6) is -1.04. The largest absolute Gasteiger partial charge is 0.494 e. The number of nitrogens with one attached hydrogen (secondary N) is 1. The van der Waals surface area contributed by atoms with Crippen LogP contribution in [0.3, 0.4) is 0 Å². The van der Waals surface area contributed by atoms with E-state index in [2.05, 4.69) is 4.72 Å². The number of sulfonamides is 1. The van der Waals surface area contributed by atoms with Crippen molar-refractivity contribution in [2.75, 3.05) is 20.3 Å². The second kappa shape index (κ2) is 6.01. The van der Waals surface area contributed by atoms with Crippen molar-refractivity contribution in [3.05, 3.63) is 24.0 Å². The van der Waals surface area contributed by atoms with Gasteiger partial charge < -0.3 is 14.6 Å². The third kappa shape index (κ3) is 2.73. The second-order valence-corrected chi connectivity index (χ2v) is 7.73. The fourth-order valence-corrected chi connectivity index (χ4v) is 4.90. The molecule has 1 aromatic rings. The molecule has 1 saturated carbocycles. The second-order valence-electron chi connectivity index (χ2n) is 6.04. The van der Waals surface area contributed by atoms with Gasteiger partial charge in [0, 0.05) is 24.7 Å². The van der Waals surface area contributed by atoms with Crippen LogP contribution in [0.1, 0.15) is 19.3 Å². The summed E-state index contributed by atoms with van der Waals surface area (Å²) in [6.07, 6.45) is 0.934. The van der Waals surface area contributed by atoms with Crippen molar-refractivity contribution in [1.29, 1.82) is 0 Å². The van der Waals surface area contributed by atoms with Crippen LogP contribution in [-0.2, 0) is 14.8 Å². The lowest BCUT2D eigenvalue weighted by Crippen LogP contribution is -2.65. The molecule has 2 aliphatic rings. The Morgan fingerprint density at radius 3 is 2.70 bits per heavy atom. The zero-order valence-electron chi connectivity index (χ0n) is 12.8. The van der Waals surface area contributed by atoms with Crippen molar-refractivity contribution in [2.45, 2.75) is 36.3 Å². The van der Waals surface area contributed by atoms with E-state index < -0.39 is 38.3 Å². The first-order chi connectivity index (χ1) is 10.9. The van der Waals surface area contributed by atoms with Gasteiger partial charge in [0.15, 0.2) is 11.6 Å². The smallest absolute Gasteiger partial charge is 0.243 e. The minimum absolute atomic E-state index is 0.123. The third-order valence-electron chi connectivity index (χ3n) is 4.97. The molecule has 2 fully saturated rings. The first-order valence-corrected chi connectivity index (χ1v) is 9.00. The van der Waals surface area contributed by atoms with E-state index in [4.69, 9.17) is 9.47 Å². The average Bonchev–Trinajstić information content (AvgIpc) is 2.55. The van der Waals surface area contributed by atoms with Crippen LogP contribution < -0.4 is 9.46 Å². The molecule has 128 valence electrons. The molecule has 1 heterocycles. The SMILES string of the molecule is COc1cccc(S(=O)(=O)N[C@@H]2C[C@@H](O)C23CCOCC3)c1F. The zero-order chi connectivity index (χ0) is 16.7. The summed E-state index contributed by atoms with van der Waals surface area (Å²) in [5, 5.41) is 10.1. The minimum atomic E-state index is -4.04. The molecule has 2 atom stereocenters. The number of aliphatic hydroxyl groups is 1. The van der Waals surface area contributed by atoms with Crippen molar-refractivity contribution in [2.24, 2.45) is 5.41 Å². The average molecular weight is 345 g/mol. The highest BCUT2D eigenvalue weighted by Gasteiger charge is 2.56. The van der Waals surface area contributed by atoms with Gasteiger partial charge in [0.25, 0.3) is 0 Å². The number of halogens is 1. The lowest BCUT2D eigenvalue weighted by molar-refractivity contribution is -0.143. The van der Waals surface area contributed by atoms with E-state index in [-0.39, 0.29) is 5.75 Å². The summed E-state index contributed by atoms with van der Waals surface area (Å²) >= 11 is 0. The molecule has 3 rings (SSSR count). The maximum absolute atomic E-state index is 14.2. The van der Waals surface area contributed by atoms with E-state index in [1.165, 1.54) is 25.3 Å². The Morgan fingerprint density at radius 2 is 2.09 bits per heavy atom. The van der Waals surface area contributed by atoms with Crippen LogP contribution in [0.2, 0.25) is 0 Å². The lowest BCUT2D eigenvalue weighted by atomic mass is 9.58. The molecular weight excluding hydrogens is 325 g/mol. The van der Waals surface area contributed by atoms with Crippen molar-refractivity contribution in [1.82, 2.24) is 4.72 Å². The van der Waals surface area contributed by atoms with Gasteiger partial charge in [0.05, 0.1) is 13.2 Å². The Bertz CT molecular complexity index is 687. The number of rotatable bonds is 4. The maximum atomic E-state index is 14.2. The molecule has 6 nitrogen and oxygen atoms in total. The summed E-state index contributed by atoms with van der Waals surface area (Å²) < 4.78 is 52.0. The summed E-state index contributed by atoms with van der Waals surface area (Å²) in [6, 6.07) is 3.57. The molecule has 23 heavy (non-hydrogen) atoms. The topological polar surface area (TPSA) is 84.9 Å². The first kappa shape index (κ1) is 16.6. The Hall–Kier alpha value is -1.22. The van der Waals surface area contributed by atoms with Crippen LogP contribution in [0.5, 0.6) is 5.75 Å². The Morgan fingerprint density at radius 1 is 1.39 bits per heavy atom. The lowest BCUT2D eigenvalue weighted by Gasteiger charge is -2.55. The number of ether oxygens (including phenoxy) is 2. The summed E-state index contributed by atoms with van der Waals surface area (Å²) in [5.41, 5.74) is -0.513. The number of aliphatic hydroxyl groups excluding tert-OH is 1. The molecular formula is C15H20FNO5S. The van der Waals surface area contributed by atoms with Gasteiger partial charge >= 0.3 is 0 Å². The first-order valence-electron chi connectivity index (χ1n) is 7.51. The molecule has 8 heteroatoms. The van der Waals surface area contributed by atoms with Crippen LogP contribution in [0.15, 0.2) is 23.1 Å². The molecule has 1 saturated heterocycles. The fourth-order valence-electron chi connectivity index (χ4n) is 3.47. The minimum Gasteiger partial charge on any atom is -0.494 e. The van der Waals surface area contributed by atoms with E-state index in [0.29, 0.717) is 32.5 Å². The predicted molar refractivity (Wildman–Crippen MR) is 80.2 cm³/mol. The van der Waals surface area contributed by atoms with Crippen LogP contribution in [-0.4, -0.2) is 46.0 Å². The quantitative estimate of drug-likeness (QED) is 0.852. The van der Waals surface area contributed by atoms with Crippen molar-refractivity contribution >= 4 is 10.0 Å². The van der Waals surface area contributed by atoms with Crippen LogP contribution in [0, 0.1) is 11.2 Å². The van der Waals surface area contributed by atoms with Crippen LogP contribution in [0.25, 0.3) is 0 Å². The molecule has 2 N–H and O–H groups in total. The summed E-state index contributed by atoms with van der Waals surface area (Å²) in [4.78, 5) is -0.444. The molecule has 1 aromatic carbocycles. The van der Waals surface area contributed by atoms with E-state index in [1.807, 2.05) is 0 Å². The number of benzene rings is 1. The standard InChI is InChI=1S/C15H20FNO5S/c1-21-10-3-2-4-11(14(10)16)23(19,20)17-12-9-13(18)15(12)5-7-22-8-6-15/h2-4,12-13,17-18H,5-9H2,1H3/t12-,13-/m1/s1. The van der Waals surface area contributed by atoms with Gasteiger partial charge in [0.1, 0.15) is 4.90 Å². The Balaban J connectivity index is 1.85. The highest BCUT2D eigenvalue weighted by Crippen LogP contribution is 2.49. The molecule has 1 spiro atoms. The van der Waals surface area contributed by atoms with Crippen molar-refractivity contribution in [3.63, 3.8) is 0 Å². The van der Waals surface area contributed by atoms with Gasteiger partial charge in [-0.2, -0.15) is 0 Å². The molecule has 0 aromatic heterocycles. The van der Waals surface area contributed by atoms with Gasteiger partial charge in [-0.25, -0.2) is 17.5 Å². The monoisotopic (exact) mass is 345 g/mol. The number of methoxy groups -OCH3 is 1. The zero-order valence-corrected chi connectivity index (χ0v) is 13.6. The normalized spacial score (nSPS) is 26.7. The van der Waals surface area contributed by atoms with Gasteiger partial charge in [-0.3, -0.25) is 0 Å². The Labute approximate surface area is 134 Å². The highest BCUT2D eigenvalue weighted by atomic mass is 32.2. The molecule has 0 unspecified atom stereocenters. The van der Waals surface area contributed by atoms with Crippen LogP contribution in [0.4, 0.5) is 4.39 Å². The predicted octanol–water partition coefficient (Wildman–Crippen LogP) is 1.04. The number of hydrogen-bond acceptors (Lipinski definition) is 5. The van der Waals surface area contributed by atoms with Crippen molar-refractivity contribution < 1.29 is 27.4 Å². The molecule has 1 aliphatic carbocycles. The number of hydrogen-bond donors (Lipinski definition) is 2. The van der Waals surface area contributed by atoms with Gasteiger partial charge in [-0.05, 0) is 31.4 Å². The third-order valence-corrected chi connectivity index (χ3v) is 6.46. The van der Waals surface area contributed by atoms with Crippen LogP contribution >= 0.6 is 0 Å². The Kier molecular flexibility index (Phi) is 4.35. The van der Waals surface area contributed by atoms with E-state index >= 15 is 0 Å². The van der Waals surface area contributed by atoms with E-state index in [1.54, 1.807) is 0 Å². The summed E-state index contributed by atoms with van der Waals surface area (Å²) in [7, 11) is -2.76. The molecule has 1 aliphatic heterocycles. The van der Waals surface area contributed by atoms with Gasteiger partial charge in [0.2, 0.25) is 10.0 Å². The van der Waals surface area contributed by atoms with Crippen molar-refractivity contribution in [3.8, 4) is 5.75 Å². The summed E-state index contributed by atoms with van der Waals surface area (Å²) in [6.45, 7) is 0.978. The molecule has 0 amide bonds. The molecule has 0 radical (unpaired) electrons. The molecule has 0 bridgehead atoms. The fraction of sp³-hybridized carbons (Fsp3) is 0.600. The maximum Gasteiger partial charge on any atom is 0.243 e. The highest BCUT2D eigenvalue weighted by molar-refractivity contribution is 7.89. The van der Waals surface area contributed by atoms with Gasteiger partial charge in [-0.15, -0.1) is 0 Å². The van der Waals surface area contributed by atoms with Gasteiger partial charge in [-0.1, -0.05) is 6.07 Å². The van der Waals surface area contributed by atoms with E-state index in [0.717, 1.165) is 0 Å². The van der Waals surface area contributed by atoms with E-state index in [9.17, 15) is 17.9 Å².